The topological polar surface area (TPSA) is 77.8 Å². The monoisotopic (exact) mass is 412 g/mol. The first-order valence-electron chi connectivity index (χ1n) is 10.6. The molecule has 0 radical (unpaired) electrons. The second-order valence-corrected chi connectivity index (χ2v) is 8.93. The van der Waals surface area contributed by atoms with E-state index in [1.54, 1.807) is 0 Å². The number of nitrogens with two attached hydrogens (primary N) is 1. The Balaban J connectivity index is 1.54. The van der Waals surface area contributed by atoms with Crippen LogP contribution in [0.1, 0.15) is 49.1 Å². The fourth-order valence-electron chi connectivity index (χ4n) is 4.06. The van der Waals surface area contributed by atoms with Crippen LogP contribution in [0.25, 0.3) is 11.5 Å². The van der Waals surface area contributed by atoms with Crippen LogP contribution in [0.15, 0.2) is 77.3 Å². The van der Waals surface area contributed by atoms with Crippen molar-refractivity contribution in [3.8, 4) is 11.5 Å². The maximum Gasteiger partial charge on any atom is 0.313 e. The maximum absolute atomic E-state index is 5.55. The molecule has 4 aromatic rings. The normalized spacial score (nSPS) is 12.6. The largest absolute Gasteiger partial charge is 0.404 e. The average Bonchev–Trinajstić information content (AvgIpc) is 3.20. The van der Waals surface area contributed by atoms with Gasteiger partial charge in [-0.15, -0.1) is 5.10 Å². The van der Waals surface area contributed by atoms with Gasteiger partial charge < -0.3 is 10.2 Å². The van der Waals surface area contributed by atoms with Gasteiger partial charge in [-0.3, -0.25) is 4.98 Å². The Morgan fingerprint density at radius 2 is 1.52 bits per heavy atom. The molecule has 1 atom stereocenters. The molecule has 0 amide bonds. The van der Waals surface area contributed by atoms with Crippen LogP contribution in [0.2, 0.25) is 0 Å². The molecule has 0 saturated carbocycles. The van der Waals surface area contributed by atoms with Crippen LogP contribution < -0.4 is 5.73 Å². The standard InChI is InChI=1S/C26H28N4O/c1-26(2,3)23(20-12-14-21(15-13-20)24-29-30-25(27)31-24)19-10-7-18(8-11-19)9-16-22-6-4-5-17-28-22/h4-8,10-15,17,23H,9,16H2,1-3H3,(H2,27,30). The zero-order chi connectivity index (χ0) is 21.8. The molecule has 0 saturated heterocycles. The number of anilines is 1. The lowest BCUT2D eigenvalue weighted by atomic mass is 9.72. The van der Waals surface area contributed by atoms with E-state index in [1.165, 1.54) is 16.7 Å². The minimum Gasteiger partial charge on any atom is -0.404 e. The van der Waals surface area contributed by atoms with E-state index < -0.39 is 0 Å². The molecule has 2 aromatic carbocycles. The van der Waals surface area contributed by atoms with Crippen molar-refractivity contribution in [2.75, 3.05) is 5.73 Å². The van der Waals surface area contributed by atoms with Crippen LogP contribution in [0.4, 0.5) is 6.01 Å². The molecule has 158 valence electrons. The number of hydrogen-bond donors (Lipinski definition) is 1. The second kappa shape index (κ2) is 8.72. The van der Waals surface area contributed by atoms with Crippen LogP contribution in [-0.4, -0.2) is 15.2 Å². The van der Waals surface area contributed by atoms with Crippen molar-refractivity contribution in [1.82, 2.24) is 15.2 Å². The highest BCUT2D eigenvalue weighted by molar-refractivity contribution is 5.54. The lowest BCUT2D eigenvalue weighted by Gasteiger charge is -2.32. The Kier molecular flexibility index (Phi) is 5.85. The Morgan fingerprint density at radius 3 is 2.06 bits per heavy atom. The first kappa shape index (κ1) is 20.8. The number of aryl methyl sites for hydroxylation is 2. The Hall–Kier alpha value is -3.47. The van der Waals surface area contributed by atoms with Crippen molar-refractivity contribution in [2.24, 2.45) is 5.41 Å². The molecule has 0 fully saturated rings. The third-order valence-electron chi connectivity index (χ3n) is 5.51. The predicted molar refractivity (Wildman–Crippen MR) is 124 cm³/mol. The van der Waals surface area contributed by atoms with Crippen LogP contribution in [0.3, 0.4) is 0 Å². The first-order chi connectivity index (χ1) is 14.9. The van der Waals surface area contributed by atoms with E-state index in [-0.39, 0.29) is 17.3 Å². The highest BCUT2D eigenvalue weighted by atomic mass is 16.4. The van der Waals surface area contributed by atoms with Crippen molar-refractivity contribution in [1.29, 1.82) is 0 Å². The first-order valence-corrected chi connectivity index (χ1v) is 10.6. The summed E-state index contributed by atoms with van der Waals surface area (Å²) in [6.45, 7) is 6.83. The number of pyridine rings is 1. The van der Waals surface area contributed by atoms with Gasteiger partial charge >= 0.3 is 6.01 Å². The van der Waals surface area contributed by atoms with E-state index in [1.807, 2.05) is 30.5 Å². The van der Waals surface area contributed by atoms with Gasteiger partial charge in [-0.05, 0) is 59.2 Å². The molecule has 0 spiro atoms. The maximum atomic E-state index is 5.55. The summed E-state index contributed by atoms with van der Waals surface area (Å²) >= 11 is 0. The molecule has 4 rings (SSSR count). The van der Waals surface area contributed by atoms with Gasteiger partial charge in [0.25, 0.3) is 0 Å². The smallest absolute Gasteiger partial charge is 0.313 e. The number of benzene rings is 2. The summed E-state index contributed by atoms with van der Waals surface area (Å²) < 4.78 is 5.34. The van der Waals surface area contributed by atoms with Crippen molar-refractivity contribution < 1.29 is 4.42 Å². The highest BCUT2D eigenvalue weighted by Crippen LogP contribution is 2.41. The van der Waals surface area contributed by atoms with Gasteiger partial charge in [-0.2, -0.15) is 0 Å². The molecule has 0 aliphatic carbocycles. The fourth-order valence-corrected chi connectivity index (χ4v) is 4.06. The molecule has 2 heterocycles. The molecule has 5 nitrogen and oxygen atoms in total. The summed E-state index contributed by atoms with van der Waals surface area (Å²) in [6.07, 6.45) is 3.79. The Labute approximate surface area is 183 Å². The third-order valence-corrected chi connectivity index (χ3v) is 5.51. The van der Waals surface area contributed by atoms with Crippen LogP contribution >= 0.6 is 0 Å². The molecule has 2 aromatic heterocycles. The number of nitrogen functional groups attached to an aromatic ring is 1. The summed E-state index contributed by atoms with van der Waals surface area (Å²) in [7, 11) is 0. The Bertz CT molecular complexity index is 1110. The van der Waals surface area contributed by atoms with Gasteiger partial charge in [0, 0.05) is 23.4 Å². The summed E-state index contributed by atoms with van der Waals surface area (Å²) in [5.41, 5.74) is 11.5. The van der Waals surface area contributed by atoms with Crippen LogP contribution in [0.5, 0.6) is 0 Å². The van der Waals surface area contributed by atoms with Crippen molar-refractivity contribution in [2.45, 2.75) is 39.5 Å². The van der Waals surface area contributed by atoms with Gasteiger partial charge in [-0.25, -0.2) is 0 Å². The fraction of sp³-hybridized carbons (Fsp3) is 0.269. The molecular weight excluding hydrogens is 384 g/mol. The van der Waals surface area contributed by atoms with Crippen LogP contribution in [-0.2, 0) is 12.8 Å². The SMILES string of the molecule is CC(C)(C)C(c1ccc(CCc2ccccn2)cc1)c1ccc(-c2nnc(N)o2)cc1. The van der Waals surface area contributed by atoms with E-state index in [0.717, 1.165) is 24.1 Å². The third kappa shape index (κ3) is 5.00. The van der Waals surface area contributed by atoms with E-state index in [2.05, 4.69) is 78.4 Å². The lowest BCUT2D eigenvalue weighted by molar-refractivity contribution is 0.358. The van der Waals surface area contributed by atoms with Crippen molar-refractivity contribution in [3.05, 3.63) is 95.3 Å². The number of rotatable bonds is 6. The molecule has 2 N–H and O–H groups in total. The highest BCUT2D eigenvalue weighted by Gasteiger charge is 2.28. The van der Waals surface area contributed by atoms with Crippen LogP contribution in [0, 0.1) is 5.41 Å². The minimum atomic E-state index is 0.0614. The second-order valence-electron chi connectivity index (χ2n) is 8.93. The van der Waals surface area contributed by atoms with E-state index in [9.17, 15) is 0 Å². The average molecular weight is 413 g/mol. The number of hydrogen-bond acceptors (Lipinski definition) is 5. The van der Waals surface area contributed by atoms with Crippen molar-refractivity contribution >= 4 is 6.01 Å². The number of aromatic nitrogens is 3. The zero-order valence-electron chi connectivity index (χ0n) is 18.2. The number of nitrogens with zero attached hydrogens (tertiary/aromatic N) is 3. The Morgan fingerprint density at radius 1 is 0.839 bits per heavy atom. The van der Waals surface area contributed by atoms with E-state index in [4.69, 9.17) is 10.2 Å². The lowest BCUT2D eigenvalue weighted by Crippen LogP contribution is -2.19. The van der Waals surface area contributed by atoms with E-state index in [0.29, 0.717) is 5.89 Å². The van der Waals surface area contributed by atoms with Gasteiger partial charge in [0.2, 0.25) is 5.89 Å². The molecule has 0 aliphatic rings. The van der Waals surface area contributed by atoms with Gasteiger partial charge in [0.1, 0.15) is 0 Å². The molecule has 0 aliphatic heterocycles. The van der Waals surface area contributed by atoms with Gasteiger partial charge in [0.15, 0.2) is 0 Å². The summed E-state index contributed by atoms with van der Waals surface area (Å²) in [4.78, 5) is 4.42. The van der Waals surface area contributed by atoms with Crippen molar-refractivity contribution in [3.63, 3.8) is 0 Å². The molecule has 5 heteroatoms. The quantitative estimate of drug-likeness (QED) is 0.441. The summed E-state index contributed by atoms with van der Waals surface area (Å²) in [6, 6.07) is 23.5. The predicted octanol–water partition coefficient (Wildman–Crippen LogP) is 5.68. The molecule has 0 bridgehead atoms. The van der Waals surface area contributed by atoms with Gasteiger partial charge in [0.05, 0.1) is 0 Å². The minimum absolute atomic E-state index is 0.0614. The van der Waals surface area contributed by atoms with E-state index >= 15 is 0 Å². The molecule has 31 heavy (non-hydrogen) atoms. The summed E-state index contributed by atoms with van der Waals surface area (Å²) in [5, 5.41) is 7.71. The van der Waals surface area contributed by atoms with Gasteiger partial charge in [-0.1, -0.05) is 68.3 Å². The summed E-state index contributed by atoms with van der Waals surface area (Å²) in [5.74, 6) is 0.702. The molecule has 1 unspecified atom stereocenters. The zero-order valence-corrected chi connectivity index (χ0v) is 18.2. The molecular formula is C26H28N4O.